The first-order valence-corrected chi connectivity index (χ1v) is 7.73. The van der Waals surface area contributed by atoms with E-state index in [4.69, 9.17) is 5.73 Å². The molecule has 0 spiro atoms. The van der Waals surface area contributed by atoms with E-state index < -0.39 is 0 Å². The number of amides is 1. The number of aryl methyl sites for hydroxylation is 1. The van der Waals surface area contributed by atoms with E-state index in [0.717, 1.165) is 11.1 Å². The standard InChI is InChI=1S/C19H22N2O2.ClH/c1-14-7-9-16(10-8-14)18(22)11-12-19(23)21-13-17(20)15-5-3-2-4-6-15;/h2-10,17H,11-13,20H2,1H3,(H,21,23);1H. The minimum Gasteiger partial charge on any atom is -0.354 e. The maximum absolute atomic E-state index is 12.0. The number of nitrogens with two attached hydrogens (primary N) is 1. The Morgan fingerprint density at radius 3 is 2.25 bits per heavy atom. The van der Waals surface area contributed by atoms with E-state index >= 15 is 0 Å². The molecule has 0 saturated heterocycles. The van der Waals surface area contributed by atoms with Crippen LogP contribution in [0.2, 0.25) is 0 Å². The summed E-state index contributed by atoms with van der Waals surface area (Å²) in [5, 5.41) is 2.78. The molecule has 1 amide bonds. The van der Waals surface area contributed by atoms with Gasteiger partial charge in [-0.1, -0.05) is 60.2 Å². The Morgan fingerprint density at radius 2 is 1.62 bits per heavy atom. The molecular weight excluding hydrogens is 324 g/mol. The summed E-state index contributed by atoms with van der Waals surface area (Å²) in [5.74, 6) is -0.177. The van der Waals surface area contributed by atoms with E-state index in [9.17, 15) is 9.59 Å². The SMILES string of the molecule is Cc1ccc(C(=O)CCC(=O)NCC(N)c2ccccc2)cc1.Cl. The zero-order chi connectivity index (χ0) is 16.7. The van der Waals surface area contributed by atoms with E-state index in [-0.39, 0.29) is 43.0 Å². The van der Waals surface area contributed by atoms with Crippen LogP contribution in [0.1, 0.15) is 40.4 Å². The Balaban J connectivity index is 0.00000288. The third kappa shape index (κ3) is 6.14. The summed E-state index contributed by atoms with van der Waals surface area (Å²) in [6.07, 6.45) is 0.379. The van der Waals surface area contributed by atoms with E-state index in [1.54, 1.807) is 12.1 Å². The van der Waals surface area contributed by atoms with Gasteiger partial charge in [-0.2, -0.15) is 0 Å². The van der Waals surface area contributed by atoms with Crippen LogP contribution < -0.4 is 11.1 Å². The van der Waals surface area contributed by atoms with E-state index in [2.05, 4.69) is 5.32 Å². The van der Waals surface area contributed by atoms with Crippen LogP contribution in [0.15, 0.2) is 54.6 Å². The number of hydrogen-bond acceptors (Lipinski definition) is 3. The summed E-state index contributed by atoms with van der Waals surface area (Å²) < 4.78 is 0. The van der Waals surface area contributed by atoms with Gasteiger partial charge in [0.2, 0.25) is 5.91 Å². The summed E-state index contributed by atoms with van der Waals surface area (Å²) in [4.78, 5) is 23.9. The highest BCUT2D eigenvalue weighted by Gasteiger charge is 2.11. The molecule has 3 N–H and O–H groups in total. The van der Waals surface area contributed by atoms with Crippen molar-refractivity contribution in [3.05, 3.63) is 71.3 Å². The molecule has 0 aliphatic carbocycles. The van der Waals surface area contributed by atoms with Gasteiger partial charge >= 0.3 is 0 Å². The first kappa shape index (κ1) is 19.9. The van der Waals surface area contributed by atoms with Gasteiger partial charge < -0.3 is 11.1 Å². The van der Waals surface area contributed by atoms with Gasteiger partial charge in [0.1, 0.15) is 0 Å². The number of carbonyl (C=O) groups excluding carboxylic acids is 2. The van der Waals surface area contributed by atoms with Gasteiger partial charge in [-0.05, 0) is 12.5 Å². The maximum atomic E-state index is 12.0. The van der Waals surface area contributed by atoms with Crippen molar-refractivity contribution in [3.63, 3.8) is 0 Å². The number of rotatable bonds is 7. The van der Waals surface area contributed by atoms with Crippen molar-refractivity contribution in [1.82, 2.24) is 5.32 Å². The first-order chi connectivity index (χ1) is 11.1. The van der Waals surface area contributed by atoms with Gasteiger partial charge in [0.15, 0.2) is 5.78 Å². The minimum atomic E-state index is -0.243. The highest BCUT2D eigenvalue weighted by molar-refractivity contribution is 5.97. The minimum absolute atomic E-state index is 0. The Bertz CT molecular complexity index is 657. The van der Waals surface area contributed by atoms with Gasteiger partial charge in [-0.15, -0.1) is 12.4 Å². The van der Waals surface area contributed by atoms with Gasteiger partial charge in [-0.3, -0.25) is 9.59 Å². The first-order valence-electron chi connectivity index (χ1n) is 7.73. The van der Waals surface area contributed by atoms with Gasteiger partial charge in [-0.25, -0.2) is 0 Å². The molecule has 2 rings (SSSR count). The van der Waals surface area contributed by atoms with Crippen LogP contribution in [0.4, 0.5) is 0 Å². The summed E-state index contributed by atoms with van der Waals surface area (Å²) in [6.45, 7) is 2.33. The molecule has 0 aliphatic heterocycles. The summed E-state index contributed by atoms with van der Waals surface area (Å²) in [7, 11) is 0. The Kier molecular flexibility index (Phi) is 8.16. The molecule has 0 heterocycles. The van der Waals surface area contributed by atoms with Gasteiger partial charge in [0.05, 0.1) is 0 Å². The molecule has 0 aromatic heterocycles. The van der Waals surface area contributed by atoms with Crippen LogP contribution in [0.5, 0.6) is 0 Å². The largest absolute Gasteiger partial charge is 0.354 e. The summed E-state index contributed by atoms with van der Waals surface area (Å²) in [6, 6.07) is 16.7. The number of carbonyl (C=O) groups is 2. The summed E-state index contributed by atoms with van der Waals surface area (Å²) in [5.41, 5.74) is 8.75. The number of halogens is 1. The molecule has 128 valence electrons. The molecule has 0 saturated carbocycles. The Morgan fingerprint density at radius 1 is 1.00 bits per heavy atom. The molecular formula is C19H23ClN2O2. The van der Waals surface area contributed by atoms with Crippen LogP contribution in [-0.2, 0) is 4.79 Å². The molecule has 0 fully saturated rings. The van der Waals surface area contributed by atoms with Crippen LogP contribution in [0.25, 0.3) is 0 Å². The lowest BCUT2D eigenvalue weighted by atomic mass is 10.0. The lowest BCUT2D eigenvalue weighted by molar-refractivity contribution is -0.121. The Labute approximate surface area is 148 Å². The molecule has 0 radical (unpaired) electrons. The number of ketones is 1. The molecule has 24 heavy (non-hydrogen) atoms. The van der Waals surface area contributed by atoms with Gasteiger partial charge in [0.25, 0.3) is 0 Å². The van der Waals surface area contributed by atoms with Crippen LogP contribution >= 0.6 is 12.4 Å². The maximum Gasteiger partial charge on any atom is 0.220 e. The molecule has 1 unspecified atom stereocenters. The normalized spacial score (nSPS) is 11.2. The molecule has 0 bridgehead atoms. The molecule has 2 aromatic carbocycles. The highest BCUT2D eigenvalue weighted by atomic mass is 35.5. The second kappa shape index (κ2) is 9.85. The quantitative estimate of drug-likeness (QED) is 0.756. The fraction of sp³-hybridized carbons (Fsp3) is 0.263. The monoisotopic (exact) mass is 346 g/mol. The van der Waals surface area contributed by atoms with Crippen molar-refractivity contribution in [1.29, 1.82) is 0 Å². The summed E-state index contributed by atoms with van der Waals surface area (Å²) >= 11 is 0. The predicted octanol–water partition coefficient (Wildman–Crippen LogP) is 3.20. The van der Waals surface area contributed by atoms with Crippen molar-refractivity contribution < 1.29 is 9.59 Å². The number of Topliss-reactive ketones (excluding diaryl/α,β-unsaturated/α-hetero) is 1. The number of nitrogens with one attached hydrogen (secondary N) is 1. The number of benzene rings is 2. The Hall–Kier alpha value is -2.17. The fourth-order valence-corrected chi connectivity index (χ4v) is 2.24. The van der Waals surface area contributed by atoms with Gasteiger partial charge in [0, 0.05) is 31.0 Å². The fourth-order valence-electron chi connectivity index (χ4n) is 2.24. The molecule has 1 atom stereocenters. The average molecular weight is 347 g/mol. The van der Waals surface area contributed by atoms with Crippen molar-refractivity contribution in [3.8, 4) is 0 Å². The zero-order valence-corrected chi connectivity index (χ0v) is 14.5. The molecule has 2 aromatic rings. The highest BCUT2D eigenvalue weighted by Crippen LogP contribution is 2.09. The van der Waals surface area contributed by atoms with E-state index in [1.165, 1.54) is 0 Å². The van der Waals surface area contributed by atoms with Crippen LogP contribution in [0.3, 0.4) is 0 Å². The second-order valence-corrected chi connectivity index (χ2v) is 5.61. The molecule has 4 nitrogen and oxygen atoms in total. The molecule has 0 aliphatic rings. The van der Waals surface area contributed by atoms with Crippen molar-refractivity contribution in [2.24, 2.45) is 5.73 Å². The zero-order valence-electron chi connectivity index (χ0n) is 13.7. The van der Waals surface area contributed by atoms with E-state index in [1.807, 2.05) is 49.4 Å². The number of hydrogen-bond donors (Lipinski definition) is 2. The second-order valence-electron chi connectivity index (χ2n) is 5.61. The van der Waals surface area contributed by atoms with Crippen molar-refractivity contribution >= 4 is 24.1 Å². The third-order valence-corrected chi connectivity index (χ3v) is 3.70. The van der Waals surface area contributed by atoms with Crippen molar-refractivity contribution in [2.45, 2.75) is 25.8 Å². The lowest BCUT2D eigenvalue weighted by Gasteiger charge is -2.13. The van der Waals surface area contributed by atoms with E-state index in [0.29, 0.717) is 12.1 Å². The topological polar surface area (TPSA) is 72.2 Å². The van der Waals surface area contributed by atoms with Crippen LogP contribution in [0, 0.1) is 6.92 Å². The predicted molar refractivity (Wildman–Crippen MR) is 98.4 cm³/mol. The average Bonchev–Trinajstić information content (AvgIpc) is 2.59. The molecule has 5 heteroatoms. The lowest BCUT2D eigenvalue weighted by Crippen LogP contribution is -2.32. The smallest absolute Gasteiger partial charge is 0.220 e. The van der Waals surface area contributed by atoms with Crippen molar-refractivity contribution in [2.75, 3.05) is 6.54 Å². The third-order valence-electron chi connectivity index (χ3n) is 3.70. The van der Waals surface area contributed by atoms with Crippen LogP contribution in [-0.4, -0.2) is 18.2 Å².